The molecule has 4 heteroatoms. The van der Waals surface area contributed by atoms with Crippen molar-refractivity contribution in [3.63, 3.8) is 0 Å². The minimum atomic E-state index is -0.326. The third-order valence-electron chi connectivity index (χ3n) is 5.90. The van der Waals surface area contributed by atoms with Crippen LogP contribution in [0.1, 0.15) is 30.9 Å². The molecule has 1 amide bonds. The molecule has 1 N–H and O–H groups in total. The smallest absolute Gasteiger partial charge is 0.302 e. The Morgan fingerprint density at radius 1 is 0.750 bits per heavy atom. The molecule has 0 bridgehead atoms. The fourth-order valence-electron chi connectivity index (χ4n) is 4.49. The third-order valence-corrected chi connectivity index (χ3v) is 5.90. The molecule has 0 aliphatic carbocycles. The standard InChI is InChI=1S/C28H27NO3/c1-19(30)29-17-23(18-32-20(2)31)28(26-15-7-11-21-9-3-5-13-24(21)26)27-16-8-12-22-10-4-6-14-25(22)27/h3-16,23,28H,17-18H2,1-2H3,(H,29,30). The second-order valence-corrected chi connectivity index (χ2v) is 8.11. The van der Waals surface area contributed by atoms with Crippen molar-refractivity contribution in [1.82, 2.24) is 5.32 Å². The van der Waals surface area contributed by atoms with Gasteiger partial charge in [-0.25, -0.2) is 0 Å². The first-order valence-electron chi connectivity index (χ1n) is 10.9. The number of carbonyl (C=O) groups is 2. The van der Waals surface area contributed by atoms with Crippen LogP contribution in [-0.4, -0.2) is 25.0 Å². The van der Waals surface area contributed by atoms with Gasteiger partial charge in [0.2, 0.25) is 5.91 Å². The highest BCUT2D eigenvalue weighted by atomic mass is 16.5. The molecule has 0 aliphatic rings. The van der Waals surface area contributed by atoms with Gasteiger partial charge in [-0.3, -0.25) is 9.59 Å². The van der Waals surface area contributed by atoms with Crippen molar-refractivity contribution in [1.29, 1.82) is 0 Å². The molecule has 0 radical (unpaired) electrons. The van der Waals surface area contributed by atoms with E-state index in [0.29, 0.717) is 6.54 Å². The van der Waals surface area contributed by atoms with E-state index < -0.39 is 0 Å². The first kappa shape index (κ1) is 21.6. The number of carbonyl (C=O) groups excluding carboxylic acids is 2. The number of esters is 1. The number of nitrogens with one attached hydrogen (secondary N) is 1. The molecule has 4 rings (SSSR count). The van der Waals surface area contributed by atoms with Crippen LogP contribution in [0.15, 0.2) is 84.9 Å². The van der Waals surface area contributed by atoms with E-state index in [4.69, 9.17) is 4.74 Å². The second kappa shape index (κ2) is 9.65. The van der Waals surface area contributed by atoms with Crippen LogP contribution in [0.5, 0.6) is 0 Å². The lowest BCUT2D eigenvalue weighted by Crippen LogP contribution is -2.34. The summed E-state index contributed by atoms with van der Waals surface area (Å²) in [6, 6.07) is 29.2. The third kappa shape index (κ3) is 4.65. The highest BCUT2D eigenvalue weighted by Crippen LogP contribution is 2.39. The predicted molar refractivity (Wildman–Crippen MR) is 129 cm³/mol. The molecule has 0 saturated carbocycles. The van der Waals surface area contributed by atoms with Crippen LogP contribution in [0.25, 0.3) is 21.5 Å². The largest absolute Gasteiger partial charge is 0.465 e. The molecular formula is C28H27NO3. The van der Waals surface area contributed by atoms with Gasteiger partial charge in [0, 0.05) is 32.2 Å². The van der Waals surface area contributed by atoms with E-state index >= 15 is 0 Å². The maximum Gasteiger partial charge on any atom is 0.302 e. The molecule has 0 saturated heterocycles. The number of amides is 1. The molecule has 32 heavy (non-hydrogen) atoms. The zero-order valence-corrected chi connectivity index (χ0v) is 18.4. The van der Waals surface area contributed by atoms with E-state index in [0.717, 1.165) is 32.7 Å². The minimum absolute atomic E-state index is 0.0848. The molecule has 0 aromatic heterocycles. The van der Waals surface area contributed by atoms with Crippen LogP contribution in [0.3, 0.4) is 0 Å². The number of benzene rings is 4. The Hall–Kier alpha value is -3.66. The number of fused-ring (bicyclic) bond motifs is 2. The summed E-state index contributed by atoms with van der Waals surface area (Å²) in [7, 11) is 0. The van der Waals surface area contributed by atoms with Crippen LogP contribution in [0.4, 0.5) is 0 Å². The Morgan fingerprint density at radius 3 is 1.75 bits per heavy atom. The molecule has 0 spiro atoms. The van der Waals surface area contributed by atoms with Crippen molar-refractivity contribution in [3.05, 3.63) is 96.1 Å². The Balaban J connectivity index is 1.94. The molecule has 0 aliphatic heterocycles. The average molecular weight is 426 g/mol. The van der Waals surface area contributed by atoms with Gasteiger partial charge in [0.25, 0.3) is 0 Å². The number of hydrogen-bond acceptors (Lipinski definition) is 3. The topological polar surface area (TPSA) is 55.4 Å². The van der Waals surface area contributed by atoms with Crippen LogP contribution < -0.4 is 5.32 Å². The summed E-state index contributed by atoms with van der Waals surface area (Å²) in [5, 5.41) is 7.57. The van der Waals surface area contributed by atoms with Gasteiger partial charge < -0.3 is 10.1 Å². The van der Waals surface area contributed by atoms with E-state index in [1.54, 1.807) is 0 Å². The zero-order valence-electron chi connectivity index (χ0n) is 18.4. The summed E-state index contributed by atoms with van der Waals surface area (Å²) in [5.74, 6) is -0.655. The van der Waals surface area contributed by atoms with Crippen LogP contribution in [0, 0.1) is 5.92 Å². The van der Waals surface area contributed by atoms with Gasteiger partial charge in [-0.2, -0.15) is 0 Å². The molecule has 1 atom stereocenters. The van der Waals surface area contributed by atoms with Crippen LogP contribution >= 0.6 is 0 Å². The molecule has 162 valence electrons. The lowest BCUT2D eigenvalue weighted by atomic mass is 9.77. The maximum absolute atomic E-state index is 11.8. The molecular weight excluding hydrogens is 398 g/mol. The average Bonchev–Trinajstić information content (AvgIpc) is 2.80. The van der Waals surface area contributed by atoms with Crippen molar-refractivity contribution < 1.29 is 14.3 Å². The molecule has 0 heterocycles. The van der Waals surface area contributed by atoms with Crippen molar-refractivity contribution in [2.45, 2.75) is 19.8 Å². The van der Waals surface area contributed by atoms with E-state index in [-0.39, 0.29) is 30.3 Å². The highest BCUT2D eigenvalue weighted by molar-refractivity contribution is 5.90. The molecule has 4 aromatic rings. The summed E-state index contributed by atoms with van der Waals surface area (Å²) < 4.78 is 5.49. The summed E-state index contributed by atoms with van der Waals surface area (Å²) >= 11 is 0. The molecule has 1 unspecified atom stereocenters. The fourth-order valence-corrected chi connectivity index (χ4v) is 4.49. The van der Waals surface area contributed by atoms with E-state index in [1.807, 2.05) is 24.3 Å². The van der Waals surface area contributed by atoms with Crippen LogP contribution in [0.2, 0.25) is 0 Å². The summed E-state index contributed by atoms with van der Waals surface area (Å²) in [4.78, 5) is 23.5. The van der Waals surface area contributed by atoms with Gasteiger partial charge in [-0.1, -0.05) is 84.9 Å². The minimum Gasteiger partial charge on any atom is -0.465 e. The SMILES string of the molecule is CC(=O)NCC(COC(C)=O)C(c1cccc2ccccc12)c1cccc2ccccc12. The van der Waals surface area contributed by atoms with Crippen molar-refractivity contribution >= 4 is 33.4 Å². The summed E-state index contributed by atoms with van der Waals surface area (Å²) in [5.41, 5.74) is 2.31. The van der Waals surface area contributed by atoms with Gasteiger partial charge >= 0.3 is 5.97 Å². The van der Waals surface area contributed by atoms with E-state index in [2.05, 4.69) is 66.0 Å². The van der Waals surface area contributed by atoms with E-state index in [9.17, 15) is 9.59 Å². The van der Waals surface area contributed by atoms with Gasteiger partial charge in [0.15, 0.2) is 0 Å². The second-order valence-electron chi connectivity index (χ2n) is 8.11. The van der Waals surface area contributed by atoms with Crippen molar-refractivity contribution in [3.8, 4) is 0 Å². The van der Waals surface area contributed by atoms with Crippen molar-refractivity contribution in [2.75, 3.05) is 13.2 Å². The first-order chi connectivity index (χ1) is 15.5. The Kier molecular flexibility index (Phi) is 6.50. The van der Waals surface area contributed by atoms with Gasteiger partial charge in [0.1, 0.15) is 0 Å². The number of rotatable bonds is 7. The van der Waals surface area contributed by atoms with Gasteiger partial charge in [-0.15, -0.1) is 0 Å². The Morgan fingerprint density at radius 2 is 1.25 bits per heavy atom. The quantitative estimate of drug-likeness (QED) is 0.401. The lowest BCUT2D eigenvalue weighted by molar-refractivity contribution is -0.142. The maximum atomic E-state index is 11.8. The Bertz CT molecular complexity index is 1160. The molecule has 0 fully saturated rings. The lowest BCUT2D eigenvalue weighted by Gasteiger charge is -2.30. The first-order valence-corrected chi connectivity index (χ1v) is 10.9. The predicted octanol–water partition coefficient (Wildman–Crippen LogP) is 5.44. The van der Waals surface area contributed by atoms with Gasteiger partial charge in [-0.05, 0) is 32.7 Å². The summed E-state index contributed by atoms with van der Waals surface area (Å²) in [6.07, 6.45) is 0. The zero-order chi connectivity index (χ0) is 22.5. The molecule has 4 aromatic carbocycles. The monoisotopic (exact) mass is 425 g/mol. The summed E-state index contributed by atoms with van der Waals surface area (Å²) in [6.45, 7) is 3.54. The number of hydrogen-bond donors (Lipinski definition) is 1. The van der Waals surface area contributed by atoms with Gasteiger partial charge in [0.05, 0.1) is 6.61 Å². The highest BCUT2D eigenvalue weighted by Gasteiger charge is 2.29. The molecule has 4 nitrogen and oxygen atoms in total. The van der Waals surface area contributed by atoms with E-state index in [1.165, 1.54) is 13.8 Å². The Labute approximate surface area is 188 Å². The van der Waals surface area contributed by atoms with Crippen LogP contribution in [-0.2, 0) is 14.3 Å². The number of ether oxygens (including phenoxy) is 1. The normalized spacial score (nSPS) is 12.1. The van der Waals surface area contributed by atoms with Crippen molar-refractivity contribution in [2.24, 2.45) is 5.92 Å². The fraction of sp³-hybridized carbons (Fsp3) is 0.214.